The van der Waals surface area contributed by atoms with Crippen molar-refractivity contribution in [2.24, 2.45) is 5.14 Å². The number of aryl methyl sites for hydroxylation is 1. The zero-order valence-corrected chi connectivity index (χ0v) is 10.3. The fourth-order valence-electron chi connectivity index (χ4n) is 1.76. The zero-order valence-electron chi connectivity index (χ0n) is 9.50. The van der Waals surface area contributed by atoms with Crippen LogP contribution in [-0.4, -0.2) is 18.0 Å². The number of hydrogen-bond donors (Lipinski definition) is 2. The molecule has 8 heteroatoms. The maximum Gasteiger partial charge on any atom is 0.328 e. The molecule has 0 bridgehead atoms. The van der Waals surface area contributed by atoms with Crippen LogP contribution in [-0.2, 0) is 16.6 Å². The summed E-state index contributed by atoms with van der Waals surface area (Å²) in [4.78, 5) is 25.1. The number of nitrogens with one attached hydrogen (secondary N) is 1. The highest BCUT2D eigenvalue weighted by Crippen LogP contribution is 2.13. The van der Waals surface area contributed by atoms with E-state index in [4.69, 9.17) is 5.14 Å². The Morgan fingerprint density at radius 3 is 2.56 bits per heavy atom. The summed E-state index contributed by atoms with van der Waals surface area (Å²) in [6.07, 6.45) is 0. The van der Waals surface area contributed by atoms with Crippen molar-refractivity contribution in [3.05, 3.63) is 39.0 Å². The van der Waals surface area contributed by atoms with Gasteiger partial charge < -0.3 is 0 Å². The van der Waals surface area contributed by atoms with Crippen molar-refractivity contribution in [3.63, 3.8) is 0 Å². The molecule has 1 heterocycles. The lowest BCUT2D eigenvalue weighted by Gasteiger charge is -2.07. The van der Waals surface area contributed by atoms with E-state index in [0.29, 0.717) is 12.1 Å². The van der Waals surface area contributed by atoms with Gasteiger partial charge in [0.2, 0.25) is 10.0 Å². The summed E-state index contributed by atoms with van der Waals surface area (Å²) in [6.45, 7) is 2.10. The minimum Gasteiger partial charge on any atom is -0.294 e. The Kier molecular flexibility index (Phi) is 2.83. The molecule has 3 N–H and O–H groups in total. The molecule has 2 rings (SSSR count). The van der Waals surface area contributed by atoms with E-state index in [1.54, 1.807) is 6.92 Å². The van der Waals surface area contributed by atoms with E-state index >= 15 is 0 Å². The highest BCUT2D eigenvalue weighted by Gasteiger charge is 2.12. The Hall–Kier alpha value is -1.93. The summed E-state index contributed by atoms with van der Waals surface area (Å²) in [5.41, 5.74) is -0.790. The molecule has 0 atom stereocenters. The Balaban J connectivity index is 2.97. The number of sulfonamides is 1. The molecular weight excluding hydrogens is 258 g/mol. The molecule has 0 amide bonds. The molecule has 0 unspecified atom stereocenters. The third-order valence-electron chi connectivity index (χ3n) is 2.61. The number of primary sulfonamides is 1. The minimum absolute atomic E-state index is 0.114. The van der Waals surface area contributed by atoms with E-state index in [2.05, 4.69) is 4.98 Å². The van der Waals surface area contributed by atoms with Gasteiger partial charge in [0.05, 0.1) is 15.8 Å². The molecule has 0 spiro atoms. The molecule has 1 aromatic carbocycles. The van der Waals surface area contributed by atoms with Gasteiger partial charge in [-0.25, -0.2) is 18.4 Å². The average Bonchev–Trinajstić information content (AvgIpc) is 2.27. The molecule has 0 aliphatic carbocycles. The van der Waals surface area contributed by atoms with Crippen molar-refractivity contribution in [1.82, 2.24) is 9.55 Å². The predicted octanol–water partition coefficient (Wildman–Crippen LogP) is -0.643. The van der Waals surface area contributed by atoms with E-state index in [-0.39, 0.29) is 10.3 Å². The maximum atomic E-state index is 11.6. The molecule has 96 valence electrons. The van der Waals surface area contributed by atoms with Crippen LogP contribution in [0.25, 0.3) is 10.9 Å². The Labute approximate surface area is 102 Å². The molecule has 0 saturated heterocycles. The van der Waals surface area contributed by atoms with Crippen molar-refractivity contribution < 1.29 is 8.42 Å². The molecule has 18 heavy (non-hydrogen) atoms. The van der Waals surface area contributed by atoms with Crippen molar-refractivity contribution in [3.8, 4) is 0 Å². The van der Waals surface area contributed by atoms with E-state index < -0.39 is 21.3 Å². The summed E-state index contributed by atoms with van der Waals surface area (Å²) in [5, 5.41) is 5.10. The van der Waals surface area contributed by atoms with Gasteiger partial charge in [-0.1, -0.05) is 0 Å². The first-order valence-electron chi connectivity index (χ1n) is 5.14. The summed E-state index contributed by atoms with van der Waals surface area (Å²) in [7, 11) is -3.88. The summed E-state index contributed by atoms with van der Waals surface area (Å²) in [6, 6.07) is 3.83. The molecular formula is C10H11N3O4S. The molecule has 1 aromatic heterocycles. The lowest BCUT2D eigenvalue weighted by Crippen LogP contribution is -2.30. The SMILES string of the molecule is CCn1c(=O)[nH]c(=O)c2cc(S(N)(=O)=O)ccc21. The van der Waals surface area contributed by atoms with Gasteiger partial charge in [-0.05, 0) is 25.1 Å². The number of aromatic nitrogens is 2. The molecule has 7 nitrogen and oxygen atoms in total. The first-order chi connectivity index (χ1) is 8.34. The topological polar surface area (TPSA) is 115 Å². The molecule has 2 aromatic rings. The van der Waals surface area contributed by atoms with Gasteiger partial charge in [0.1, 0.15) is 0 Å². The van der Waals surface area contributed by atoms with Crippen molar-refractivity contribution in [2.75, 3.05) is 0 Å². The van der Waals surface area contributed by atoms with E-state index in [9.17, 15) is 18.0 Å². The van der Waals surface area contributed by atoms with Gasteiger partial charge in [-0.3, -0.25) is 14.3 Å². The van der Waals surface area contributed by atoms with E-state index in [1.807, 2.05) is 0 Å². The van der Waals surface area contributed by atoms with Crippen LogP contribution in [0.2, 0.25) is 0 Å². The molecule has 0 aliphatic heterocycles. The number of nitrogens with zero attached hydrogens (tertiary/aromatic N) is 1. The lowest BCUT2D eigenvalue weighted by atomic mass is 10.2. The fourth-order valence-corrected chi connectivity index (χ4v) is 2.30. The number of rotatable bonds is 2. The zero-order chi connectivity index (χ0) is 13.5. The van der Waals surface area contributed by atoms with Gasteiger partial charge in [0, 0.05) is 6.54 Å². The first kappa shape index (κ1) is 12.5. The number of nitrogens with two attached hydrogens (primary N) is 1. The third-order valence-corrected chi connectivity index (χ3v) is 3.52. The lowest BCUT2D eigenvalue weighted by molar-refractivity contribution is 0.598. The maximum absolute atomic E-state index is 11.6. The van der Waals surface area contributed by atoms with Crippen molar-refractivity contribution >= 4 is 20.9 Å². The number of H-pyrrole nitrogens is 1. The molecule has 0 saturated carbocycles. The van der Waals surface area contributed by atoms with Gasteiger partial charge in [0.15, 0.2) is 0 Å². The standard InChI is InChI=1S/C10H11N3O4S/c1-2-13-8-4-3-6(18(11,16)17)5-7(8)9(14)12-10(13)15/h3-5H,2H2,1H3,(H2,11,16,17)(H,12,14,15). The first-order valence-corrected chi connectivity index (χ1v) is 6.69. The quantitative estimate of drug-likeness (QED) is 0.754. The van der Waals surface area contributed by atoms with Gasteiger partial charge in [-0.2, -0.15) is 0 Å². The molecule has 0 radical (unpaired) electrons. The number of benzene rings is 1. The highest BCUT2D eigenvalue weighted by molar-refractivity contribution is 7.89. The Bertz CT molecular complexity index is 832. The summed E-state index contributed by atoms with van der Waals surface area (Å²) in [5.74, 6) is 0. The normalized spacial score (nSPS) is 11.9. The summed E-state index contributed by atoms with van der Waals surface area (Å²) >= 11 is 0. The minimum atomic E-state index is -3.88. The second kappa shape index (κ2) is 4.07. The number of hydrogen-bond acceptors (Lipinski definition) is 4. The Morgan fingerprint density at radius 1 is 1.33 bits per heavy atom. The number of aromatic amines is 1. The van der Waals surface area contributed by atoms with Crippen LogP contribution >= 0.6 is 0 Å². The van der Waals surface area contributed by atoms with Crippen LogP contribution in [0.3, 0.4) is 0 Å². The van der Waals surface area contributed by atoms with E-state index in [0.717, 1.165) is 6.07 Å². The van der Waals surface area contributed by atoms with Crippen molar-refractivity contribution in [2.45, 2.75) is 18.4 Å². The summed E-state index contributed by atoms with van der Waals surface area (Å²) < 4.78 is 23.7. The number of fused-ring (bicyclic) bond motifs is 1. The fraction of sp³-hybridized carbons (Fsp3) is 0.200. The average molecular weight is 269 g/mol. The van der Waals surface area contributed by atoms with Crippen LogP contribution < -0.4 is 16.4 Å². The predicted molar refractivity (Wildman–Crippen MR) is 65.9 cm³/mol. The smallest absolute Gasteiger partial charge is 0.294 e. The third kappa shape index (κ3) is 1.95. The van der Waals surface area contributed by atoms with Gasteiger partial charge in [-0.15, -0.1) is 0 Å². The van der Waals surface area contributed by atoms with Crippen LogP contribution in [0, 0.1) is 0 Å². The monoisotopic (exact) mass is 269 g/mol. The molecule has 0 aliphatic rings. The highest BCUT2D eigenvalue weighted by atomic mass is 32.2. The van der Waals surface area contributed by atoms with Crippen LogP contribution in [0.5, 0.6) is 0 Å². The largest absolute Gasteiger partial charge is 0.328 e. The van der Waals surface area contributed by atoms with Crippen molar-refractivity contribution in [1.29, 1.82) is 0 Å². The molecule has 0 fully saturated rings. The van der Waals surface area contributed by atoms with Gasteiger partial charge >= 0.3 is 5.69 Å². The second-order valence-electron chi connectivity index (χ2n) is 3.73. The van der Waals surface area contributed by atoms with E-state index in [1.165, 1.54) is 16.7 Å². The van der Waals surface area contributed by atoms with Gasteiger partial charge in [0.25, 0.3) is 5.56 Å². The van der Waals surface area contributed by atoms with Crippen LogP contribution in [0.15, 0.2) is 32.7 Å². The Morgan fingerprint density at radius 2 is 2.00 bits per heavy atom. The second-order valence-corrected chi connectivity index (χ2v) is 5.29. The van der Waals surface area contributed by atoms with Crippen LogP contribution in [0.4, 0.5) is 0 Å². The van der Waals surface area contributed by atoms with Crippen LogP contribution in [0.1, 0.15) is 6.92 Å².